The average Bonchev–Trinajstić information content (AvgIpc) is 2.31. The van der Waals surface area contributed by atoms with Crippen LogP contribution in [0.4, 0.5) is 11.4 Å². The Morgan fingerprint density at radius 1 is 1.53 bits per heavy atom. The molecule has 19 heavy (non-hydrogen) atoms. The van der Waals surface area contributed by atoms with Gasteiger partial charge in [0.2, 0.25) is 5.91 Å². The molecule has 0 aliphatic carbocycles. The summed E-state index contributed by atoms with van der Waals surface area (Å²) in [6.07, 6.45) is 0.309. The minimum Gasteiger partial charge on any atom is -0.398 e. The molecule has 1 unspecified atom stereocenters. The summed E-state index contributed by atoms with van der Waals surface area (Å²) in [6, 6.07) is 5.46. The normalized spacial score (nSPS) is 12.5. The number of anilines is 2. The molecule has 0 bridgehead atoms. The van der Waals surface area contributed by atoms with Crippen LogP contribution in [0, 0.1) is 6.92 Å². The Morgan fingerprint density at radius 3 is 2.79 bits per heavy atom. The second-order valence-electron chi connectivity index (χ2n) is 5.00. The van der Waals surface area contributed by atoms with E-state index < -0.39 is 0 Å². The molecule has 1 rings (SSSR count). The molecule has 1 aromatic rings. The second-order valence-corrected chi connectivity index (χ2v) is 5.00. The van der Waals surface area contributed by atoms with Gasteiger partial charge in [0.1, 0.15) is 0 Å². The van der Waals surface area contributed by atoms with Gasteiger partial charge in [-0.05, 0) is 45.0 Å². The fourth-order valence-corrected chi connectivity index (χ4v) is 1.65. The molecule has 0 aliphatic rings. The maximum atomic E-state index is 11.8. The molecule has 0 radical (unpaired) electrons. The lowest BCUT2D eigenvalue weighted by Gasteiger charge is -2.17. The molecule has 0 saturated heterocycles. The maximum Gasteiger partial charge on any atom is 0.238 e. The molecule has 0 aromatic heterocycles. The van der Waals surface area contributed by atoms with E-state index in [2.05, 4.69) is 5.32 Å². The monoisotopic (exact) mass is 265 g/mol. The van der Waals surface area contributed by atoms with E-state index in [0.29, 0.717) is 30.9 Å². The standard InChI is InChI=1S/C14H23N3O2/c1-10-4-5-12(8-13(10)15)16-14(19)9-17(3)7-6-11(2)18/h4-5,8,11,18H,6-7,9,15H2,1-3H3,(H,16,19). The van der Waals surface area contributed by atoms with E-state index in [-0.39, 0.29) is 12.0 Å². The van der Waals surface area contributed by atoms with Crippen LogP contribution in [0.2, 0.25) is 0 Å². The second kappa shape index (κ2) is 7.11. The fourth-order valence-electron chi connectivity index (χ4n) is 1.65. The van der Waals surface area contributed by atoms with E-state index in [1.807, 2.05) is 31.0 Å². The fraction of sp³-hybridized carbons (Fsp3) is 0.500. The molecule has 0 saturated carbocycles. The smallest absolute Gasteiger partial charge is 0.238 e. The van der Waals surface area contributed by atoms with Crippen LogP contribution in [0.3, 0.4) is 0 Å². The van der Waals surface area contributed by atoms with Crippen molar-refractivity contribution in [2.75, 3.05) is 31.2 Å². The maximum absolute atomic E-state index is 11.8. The highest BCUT2D eigenvalue weighted by Gasteiger charge is 2.08. The van der Waals surface area contributed by atoms with Gasteiger partial charge in [0, 0.05) is 17.9 Å². The Balaban J connectivity index is 2.44. The third-order valence-electron chi connectivity index (χ3n) is 2.91. The molecule has 106 valence electrons. The first-order chi connectivity index (χ1) is 8.88. The molecular weight excluding hydrogens is 242 g/mol. The Morgan fingerprint density at radius 2 is 2.21 bits per heavy atom. The highest BCUT2D eigenvalue weighted by atomic mass is 16.3. The summed E-state index contributed by atoms with van der Waals surface area (Å²) in [6.45, 7) is 4.63. The number of rotatable bonds is 6. The topological polar surface area (TPSA) is 78.6 Å². The van der Waals surface area contributed by atoms with Gasteiger partial charge in [0.25, 0.3) is 0 Å². The number of likely N-dealkylation sites (N-methyl/N-ethyl adjacent to an activating group) is 1. The van der Waals surface area contributed by atoms with Crippen molar-refractivity contribution in [1.29, 1.82) is 0 Å². The summed E-state index contributed by atoms with van der Waals surface area (Å²) >= 11 is 0. The van der Waals surface area contributed by atoms with E-state index >= 15 is 0 Å². The van der Waals surface area contributed by atoms with Gasteiger partial charge in [-0.3, -0.25) is 9.69 Å². The Labute approximate surface area is 114 Å². The van der Waals surface area contributed by atoms with Crippen molar-refractivity contribution >= 4 is 17.3 Å². The van der Waals surface area contributed by atoms with E-state index in [4.69, 9.17) is 5.73 Å². The summed E-state index contributed by atoms with van der Waals surface area (Å²) in [5, 5.41) is 12.0. The molecule has 5 nitrogen and oxygen atoms in total. The Hall–Kier alpha value is -1.59. The van der Waals surface area contributed by atoms with Crippen LogP contribution in [0.15, 0.2) is 18.2 Å². The van der Waals surface area contributed by atoms with Crippen molar-refractivity contribution in [3.8, 4) is 0 Å². The Kier molecular flexibility index (Phi) is 5.79. The largest absolute Gasteiger partial charge is 0.398 e. The van der Waals surface area contributed by atoms with Gasteiger partial charge >= 0.3 is 0 Å². The SMILES string of the molecule is Cc1ccc(NC(=O)CN(C)CCC(C)O)cc1N. The zero-order valence-corrected chi connectivity index (χ0v) is 11.8. The number of aliphatic hydroxyl groups is 1. The van der Waals surface area contributed by atoms with Crippen LogP contribution in [0.25, 0.3) is 0 Å². The highest BCUT2D eigenvalue weighted by molar-refractivity contribution is 5.92. The zero-order chi connectivity index (χ0) is 14.4. The van der Waals surface area contributed by atoms with Crippen LogP contribution in [0.1, 0.15) is 18.9 Å². The third kappa shape index (κ3) is 5.72. The number of carbonyl (C=O) groups excluding carboxylic acids is 1. The molecule has 0 heterocycles. The first-order valence-corrected chi connectivity index (χ1v) is 6.41. The van der Waals surface area contributed by atoms with Gasteiger partial charge in [-0.15, -0.1) is 0 Å². The predicted octanol–water partition coefficient (Wildman–Crippen LogP) is 1.22. The molecule has 1 atom stereocenters. The van der Waals surface area contributed by atoms with Crippen LogP contribution in [0.5, 0.6) is 0 Å². The lowest BCUT2D eigenvalue weighted by Crippen LogP contribution is -2.32. The summed E-state index contributed by atoms with van der Waals surface area (Å²) < 4.78 is 0. The Bertz CT molecular complexity index is 433. The molecule has 0 aliphatic heterocycles. The number of hydrogen-bond donors (Lipinski definition) is 3. The summed E-state index contributed by atoms with van der Waals surface area (Å²) in [4.78, 5) is 13.7. The number of nitrogens with one attached hydrogen (secondary N) is 1. The number of nitrogens with two attached hydrogens (primary N) is 1. The van der Waals surface area contributed by atoms with Crippen molar-refractivity contribution in [2.24, 2.45) is 0 Å². The molecule has 4 N–H and O–H groups in total. The van der Waals surface area contributed by atoms with Crippen molar-refractivity contribution < 1.29 is 9.90 Å². The third-order valence-corrected chi connectivity index (χ3v) is 2.91. The number of benzene rings is 1. The quantitative estimate of drug-likeness (QED) is 0.676. The van der Waals surface area contributed by atoms with Gasteiger partial charge in [-0.1, -0.05) is 6.07 Å². The first kappa shape index (κ1) is 15.5. The number of aryl methyl sites for hydroxylation is 1. The summed E-state index contributed by atoms with van der Waals surface area (Å²) in [5.74, 6) is -0.0867. The van der Waals surface area contributed by atoms with Crippen LogP contribution >= 0.6 is 0 Å². The van der Waals surface area contributed by atoms with E-state index in [0.717, 1.165) is 5.56 Å². The molecule has 1 aromatic carbocycles. The lowest BCUT2D eigenvalue weighted by atomic mass is 10.2. The number of amides is 1. The molecular formula is C14H23N3O2. The number of aliphatic hydroxyl groups excluding tert-OH is 1. The van der Waals surface area contributed by atoms with E-state index in [1.54, 1.807) is 13.0 Å². The van der Waals surface area contributed by atoms with Crippen molar-refractivity contribution in [3.63, 3.8) is 0 Å². The number of nitrogen functional groups attached to an aromatic ring is 1. The van der Waals surface area contributed by atoms with Gasteiger partial charge in [0.15, 0.2) is 0 Å². The summed E-state index contributed by atoms with van der Waals surface area (Å²) in [5.41, 5.74) is 8.15. The first-order valence-electron chi connectivity index (χ1n) is 6.41. The zero-order valence-electron chi connectivity index (χ0n) is 11.8. The molecule has 0 fully saturated rings. The molecule has 0 spiro atoms. The lowest BCUT2D eigenvalue weighted by molar-refractivity contribution is -0.117. The van der Waals surface area contributed by atoms with Crippen LogP contribution in [-0.2, 0) is 4.79 Å². The van der Waals surface area contributed by atoms with Crippen molar-refractivity contribution in [3.05, 3.63) is 23.8 Å². The van der Waals surface area contributed by atoms with E-state index in [1.165, 1.54) is 0 Å². The minimum atomic E-state index is -0.345. The van der Waals surface area contributed by atoms with Gasteiger partial charge in [0.05, 0.1) is 12.6 Å². The average molecular weight is 265 g/mol. The van der Waals surface area contributed by atoms with Crippen molar-refractivity contribution in [2.45, 2.75) is 26.4 Å². The molecule has 1 amide bonds. The van der Waals surface area contributed by atoms with Gasteiger partial charge in [-0.25, -0.2) is 0 Å². The van der Waals surface area contributed by atoms with Crippen LogP contribution in [-0.4, -0.2) is 42.2 Å². The number of nitrogens with zero attached hydrogens (tertiary/aromatic N) is 1. The van der Waals surface area contributed by atoms with Gasteiger partial charge in [-0.2, -0.15) is 0 Å². The van der Waals surface area contributed by atoms with E-state index in [9.17, 15) is 9.90 Å². The van der Waals surface area contributed by atoms with Crippen LogP contribution < -0.4 is 11.1 Å². The molecule has 5 heteroatoms. The minimum absolute atomic E-state index is 0.0867. The van der Waals surface area contributed by atoms with Gasteiger partial charge < -0.3 is 16.2 Å². The summed E-state index contributed by atoms with van der Waals surface area (Å²) in [7, 11) is 1.85. The van der Waals surface area contributed by atoms with Crippen molar-refractivity contribution in [1.82, 2.24) is 4.90 Å². The highest BCUT2D eigenvalue weighted by Crippen LogP contribution is 2.16. The number of hydrogen-bond acceptors (Lipinski definition) is 4. The number of carbonyl (C=O) groups is 1. The predicted molar refractivity (Wildman–Crippen MR) is 78.0 cm³/mol.